The van der Waals surface area contributed by atoms with E-state index < -0.39 is 34.4 Å². The van der Waals surface area contributed by atoms with Crippen molar-refractivity contribution in [3.05, 3.63) is 124 Å². The molecule has 4 rings (SSSR count). The molecule has 0 saturated carbocycles. The molecule has 1 N–H and O–H groups in total. The first-order valence-electron chi connectivity index (χ1n) is 14.3. The van der Waals surface area contributed by atoms with Crippen molar-refractivity contribution in [1.82, 2.24) is 10.2 Å². The Morgan fingerprint density at radius 3 is 1.91 bits per heavy atom. The lowest BCUT2D eigenvalue weighted by molar-refractivity contribution is -0.140. The Hall–Kier alpha value is -4.05. The highest BCUT2D eigenvalue weighted by atomic mass is 35.5. The van der Waals surface area contributed by atoms with Gasteiger partial charge in [-0.05, 0) is 67.9 Å². The van der Waals surface area contributed by atoms with E-state index in [2.05, 4.69) is 5.32 Å². The summed E-state index contributed by atoms with van der Waals surface area (Å²) in [6.45, 7) is 2.96. The highest BCUT2D eigenvalue weighted by Crippen LogP contribution is 2.29. The lowest BCUT2D eigenvalue weighted by Crippen LogP contribution is -2.54. The standard InChI is InChI=1S/C34H35Cl2N3O5S/c1-24(2)37-34(41)32(21-25-11-6-4-7-12-25)38(22-29-30(35)15-10-16-31(29)36)33(40)23-39(45(3,42)43)26-17-19-28(20-18-26)44-27-13-8-5-9-14-27/h4-20,24,32H,21-23H2,1-3H3,(H,37,41)/t32-/m1/s1. The molecule has 0 aliphatic rings. The predicted molar refractivity (Wildman–Crippen MR) is 179 cm³/mol. The van der Waals surface area contributed by atoms with E-state index in [1.807, 2.05) is 62.4 Å². The minimum atomic E-state index is -3.94. The largest absolute Gasteiger partial charge is 0.457 e. The lowest BCUT2D eigenvalue weighted by atomic mass is 10.0. The molecule has 0 aliphatic carbocycles. The van der Waals surface area contributed by atoms with E-state index in [0.29, 0.717) is 27.1 Å². The molecule has 11 heteroatoms. The summed E-state index contributed by atoms with van der Waals surface area (Å²) < 4.78 is 33.0. The van der Waals surface area contributed by atoms with E-state index >= 15 is 0 Å². The van der Waals surface area contributed by atoms with Crippen molar-refractivity contribution in [3.63, 3.8) is 0 Å². The SMILES string of the molecule is CC(C)NC(=O)[C@@H](Cc1ccccc1)N(Cc1c(Cl)cccc1Cl)C(=O)CN(c1ccc(Oc2ccccc2)cc1)S(C)(=O)=O. The van der Waals surface area contributed by atoms with Crippen LogP contribution < -0.4 is 14.4 Å². The summed E-state index contributed by atoms with van der Waals surface area (Å²) in [5.74, 6) is 0.117. The maximum atomic E-state index is 14.3. The van der Waals surface area contributed by atoms with Gasteiger partial charge >= 0.3 is 0 Å². The fourth-order valence-corrected chi connectivity index (χ4v) is 6.07. The highest BCUT2D eigenvalue weighted by Gasteiger charge is 2.34. The molecule has 0 unspecified atom stereocenters. The number of hydrogen-bond acceptors (Lipinski definition) is 5. The average Bonchev–Trinajstić information content (AvgIpc) is 2.99. The van der Waals surface area contributed by atoms with Gasteiger partial charge in [0.05, 0.1) is 11.9 Å². The number of hydrogen-bond donors (Lipinski definition) is 1. The first-order chi connectivity index (χ1) is 21.4. The second kappa shape index (κ2) is 15.3. The zero-order valence-electron chi connectivity index (χ0n) is 25.2. The normalized spacial score (nSPS) is 12.0. The fourth-order valence-electron chi connectivity index (χ4n) is 4.71. The molecule has 0 aliphatic heterocycles. The van der Waals surface area contributed by atoms with Gasteiger partial charge in [-0.2, -0.15) is 0 Å². The number of ether oxygens (including phenoxy) is 1. The molecule has 236 valence electrons. The van der Waals surface area contributed by atoms with Crippen molar-refractivity contribution in [2.75, 3.05) is 17.1 Å². The van der Waals surface area contributed by atoms with Crippen molar-refractivity contribution < 1.29 is 22.7 Å². The molecule has 2 amide bonds. The Balaban J connectivity index is 1.71. The molecule has 0 bridgehead atoms. The number of nitrogens with one attached hydrogen (secondary N) is 1. The third-order valence-corrected chi connectivity index (χ3v) is 8.72. The number of benzene rings is 4. The van der Waals surface area contributed by atoms with Crippen molar-refractivity contribution >= 4 is 50.7 Å². The number of anilines is 1. The van der Waals surface area contributed by atoms with Gasteiger partial charge < -0.3 is 15.0 Å². The number of carbonyl (C=O) groups is 2. The van der Waals surface area contributed by atoms with Crippen LogP contribution in [0.25, 0.3) is 0 Å². The number of nitrogens with zero attached hydrogens (tertiary/aromatic N) is 2. The maximum Gasteiger partial charge on any atom is 0.244 e. The van der Waals surface area contributed by atoms with Crippen LogP contribution >= 0.6 is 23.2 Å². The van der Waals surface area contributed by atoms with Crippen LogP contribution in [-0.4, -0.2) is 50.0 Å². The number of para-hydroxylation sites is 1. The first kappa shape index (κ1) is 33.8. The Morgan fingerprint density at radius 1 is 0.800 bits per heavy atom. The molecule has 0 radical (unpaired) electrons. The van der Waals surface area contributed by atoms with E-state index in [9.17, 15) is 18.0 Å². The third kappa shape index (κ3) is 9.47. The molecule has 4 aromatic rings. The van der Waals surface area contributed by atoms with E-state index in [1.54, 1.807) is 54.6 Å². The number of amides is 2. The van der Waals surface area contributed by atoms with Gasteiger partial charge in [0.25, 0.3) is 0 Å². The van der Waals surface area contributed by atoms with E-state index in [1.165, 1.54) is 4.90 Å². The zero-order chi connectivity index (χ0) is 32.6. The van der Waals surface area contributed by atoms with Gasteiger partial charge in [0.2, 0.25) is 21.8 Å². The van der Waals surface area contributed by atoms with Crippen molar-refractivity contribution in [2.24, 2.45) is 0 Å². The van der Waals surface area contributed by atoms with Gasteiger partial charge in [-0.25, -0.2) is 8.42 Å². The van der Waals surface area contributed by atoms with Gasteiger partial charge in [-0.15, -0.1) is 0 Å². The molecule has 0 spiro atoms. The number of sulfonamides is 1. The van der Waals surface area contributed by atoms with E-state index in [-0.39, 0.29) is 24.7 Å². The summed E-state index contributed by atoms with van der Waals surface area (Å²) in [5.41, 5.74) is 1.52. The number of carbonyl (C=O) groups excluding carboxylic acids is 2. The van der Waals surface area contributed by atoms with Crippen molar-refractivity contribution in [3.8, 4) is 11.5 Å². The Bertz CT molecular complexity index is 1680. The van der Waals surface area contributed by atoms with Crippen molar-refractivity contribution in [2.45, 2.75) is 38.9 Å². The van der Waals surface area contributed by atoms with Gasteiger partial charge in [0.1, 0.15) is 24.1 Å². The number of halogens is 2. The minimum absolute atomic E-state index is 0.123. The lowest BCUT2D eigenvalue weighted by Gasteiger charge is -2.34. The molecule has 0 saturated heterocycles. The molecule has 4 aromatic carbocycles. The Labute approximate surface area is 274 Å². The van der Waals surface area contributed by atoms with Crippen LogP contribution in [0.5, 0.6) is 11.5 Å². The molecule has 0 aromatic heterocycles. The summed E-state index contributed by atoms with van der Waals surface area (Å²) >= 11 is 13.0. The van der Waals surface area contributed by atoms with Gasteiger partial charge in [0, 0.05) is 34.6 Å². The topological polar surface area (TPSA) is 96.0 Å². The Morgan fingerprint density at radius 2 is 1.36 bits per heavy atom. The monoisotopic (exact) mass is 667 g/mol. The van der Waals surface area contributed by atoms with Gasteiger partial charge in [-0.1, -0.05) is 77.8 Å². The molecule has 0 fully saturated rings. The number of rotatable bonds is 13. The highest BCUT2D eigenvalue weighted by molar-refractivity contribution is 7.92. The maximum absolute atomic E-state index is 14.3. The van der Waals surface area contributed by atoms with Crippen LogP contribution in [0.3, 0.4) is 0 Å². The second-order valence-electron chi connectivity index (χ2n) is 10.8. The van der Waals surface area contributed by atoms with Crippen molar-refractivity contribution in [1.29, 1.82) is 0 Å². The molecule has 1 atom stereocenters. The summed E-state index contributed by atoms with van der Waals surface area (Å²) in [7, 11) is -3.94. The second-order valence-corrected chi connectivity index (χ2v) is 13.5. The third-order valence-electron chi connectivity index (χ3n) is 6.87. The van der Waals surface area contributed by atoms with E-state index in [4.69, 9.17) is 27.9 Å². The molecular weight excluding hydrogens is 633 g/mol. The summed E-state index contributed by atoms with van der Waals surface area (Å²) in [6.07, 6.45) is 1.20. The van der Waals surface area contributed by atoms with Crippen LogP contribution in [0, 0.1) is 0 Å². The fraction of sp³-hybridized carbons (Fsp3) is 0.235. The van der Waals surface area contributed by atoms with Gasteiger partial charge in [0.15, 0.2) is 0 Å². The van der Waals surface area contributed by atoms with Crippen LogP contribution in [0.1, 0.15) is 25.0 Å². The summed E-state index contributed by atoms with van der Waals surface area (Å²) in [4.78, 5) is 29.3. The van der Waals surface area contributed by atoms with Crippen LogP contribution in [0.15, 0.2) is 103 Å². The van der Waals surface area contributed by atoms with Crippen LogP contribution in [-0.2, 0) is 32.6 Å². The van der Waals surface area contributed by atoms with E-state index in [0.717, 1.165) is 16.1 Å². The van der Waals surface area contributed by atoms with Gasteiger partial charge in [-0.3, -0.25) is 13.9 Å². The molecule has 45 heavy (non-hydrogen) atoms. The zero-order valence-corrected chi connectivity index (χ0v) is 27.5. The predicted octanol–water partition coefficient (Wildman–Crippen LogP) is 6.72. The Kier molecular flexibility index (Phi) is 11.5. The average molecular weight is 669 g/mol. The van der Waals surface area contributed by atoms with Crippen LogP contribution in [0.4, 0.5) is 5.69 Å². The first-order valence-corrected chi connectivity index (χ1v) is 16.9. The summed E-state index contributed by atoms with van der Waals surface area (Å²) in [6, 6.07) is 28.6. The quantitative estimate of drug-likeness (QED) is 0.171. The minimum Gasteiger partial charge on any atom is -0.457 e. The smallest absolute Gasteiger partial charge is 0.244 e. The molecule has 0 heterocycles. The molecular formula is C34H35Cl2N3O5S. The summed E-state index contributed by atoms with van der Waals surface area (Å²) in [5, 5.41) is 3.54. The van der Waals surface area contributed by atoms with Crippen LogP contribution in [0.2, 0.25) is 10.0 Å². The molecule has 8 nitrogen and oxygen atoms in total.